The third-order valence-corrected chi connectivity index (χ3v) is 5.22. The second-order valence-electron chi connectivity index (χ2n) is 5.74. The Morgan fingerprint density at radius 2 is 2.15 bits per heavy atom. The van der Waals surface area contributed by atoms with Crippen LogP contribution in [0.2, 0.25) is 0 Å². The van der Waals surface area contributed by atoms with Crippen molar-refractivity contribution >= 4 is 11.3 Å². The molecule has 1 N–H and O–H groups in total. The lowest BCUT2D eigenvalue weighted by Gasteiger charge is -2.26. The summed E-state index contributed by atoms with van der Waals surface area (Å²) in [4.78, 5) is 8.88. The number of nitrogens with zero attached hydrogens (tertiary/aromatic N) is 2. The summed E-state index contributed by atoms with van der Waals surface area (Å²) in [7, 11) is 0. The Morgan fingerprint density at radius 3 is 3.00 bits per heavy atom. The van der Waals surface area contributed by atoms with E-state index in [0.717, 1.165) is 39.1 Å². The third kappa shape index (κ3) is 2.18. The van der Waals surface area contributed by atoms with Gasteiger partial charge in [-0.1, -0.05) is 17.7 Å². The molecule has 20 heavy (non-hydrogen) atoms. The molecule has 0 saturated carbocycles. The molecule has 2 aliphatic rings. The summed E-state index contributed by atoms with van der Waals surface area (Å²) < 4.78 is 0. The van der Waals surface area contributed by atoms with Crippen molar-refractivity contribution in [2.24, 2.45) is 0 Å². The van der Waals surface area contributed by atoms with Crippen molar-refractivity contribution in [2.75, 3.05) is 26.2 Å². The zero-order valence-electron chi connectivity index (χ0n) is 11.8. The highest BCUT2D eigenvalue weighted by atomic mass is 32.1. The fourth-order valence-electron chi connectivity index (χ4n) is 3.10. The Morgan fingerprint density at radius 1 is 1.30 bits per heavy atom. The Kier molecular flexibility index (Phi) is 3.10. The van der Waals surface area contributed by atoms with Crippen LogP contribution >= 0.6 is 11.3 Å². The van der Waals surface area contributed by atoms with Gasteiger partial charge in [0.25, 0.3) is 0 Å². The van der Waals surface area contributed by atoms with Crippen LogP contribution in [0.5, 0.6) is 0 Å². The van der Waals surface area contributed by atoms with Gasteiger partial charge in [0.2, 0.25) is 0 Å². The standard InChI is InChI=1S/C16H19N3S/c1-11-2-3-12-9-14-16(13(12)8-11)18-15(20-14)10-19-6-4-17-5-7-19/h2-3,8,17H,4-7,9-10H2,1H3. The lowest BCUT2D eigenvalue weighted by atomic mass is 10.1. The van der Waals surface area contributed by atoms with Gasteiger partial charge in [0.15, 0.2) is 0 Å². The van der Waals surface area contributed by atoms with Crippen molar-refractivity contribution in [1.29, 1.82) is 0 Å². The van der Waals surface area contributed by atoms with Crippen molar-refractivity contribution in [2.45, 2.75) is 19.9 Å². The third-order valence-electron chi connectivity index (χ3n) is 4.18. The normalized spacial score (nSPS) is 18.1. The number of hydrogen-bond acceptors (Lipinski definition) is 4. The smallest absolute Gasteiger partial charge is 0.108 e. The van der Waals surface area contributed by atoms with Crippen LogP contribution < -0.4 is 5.32 Å². The highest BCUT2D eigenvalue weighted by molar-refractivity contribution is 7.12. The van der Waals surface area contributed by atoms with Crippen LogP contribution in [-0.4, -0.2) is 36.1 Å². The molecular formula is C16H19N3S. The first kappa shape index (κ1) is 12.5. The van der Waals surface area contributed by atoms with E-state index >= 15 is 0 Å². The van der Waals surface area contributed by atoms with Crippen LogP contribution in [0.1, 0.15) is 21.0 Å². The van der Waals surface area contributed by atoms with E-state index in [-0.39, 0.29) is 0 Å². The summed E-state index contributed by atoms with van der Waals surface area (Å²) in [5, 5.41) is 4.68. The van der Waals surface area contributed by atoms with Crippen LogP contribution in [0.3, 0.4) is 0 Å². The van der Waals surface area contributed by atoms with Gasteiger partial charge in [-0.2, -0.15) is 0 Å². The maximum atomic E-state index is 4.92. The Balaban J connectivity index is 1.60. The van der Waals surface area contributed by atoms with Crippen LogP contribution in [0, 0.1) is 6.92 Å². The SMILES string of the molecule is Cc1ccc2c(c1)-c1nc(CN3CCNCC3)sc1C2. The predicted octanol–water partition coefficient (Wildman–Crippen LogP) is 2.43. The van der Waals surface area contributed by atoms with Crippen LogP contribution in [0.4, 0.5) is 0 Å². The number of aromatic nitrogens is 1. The number of benzene rings is 1. The molecule has 3 nitrogen and oxygen atoms in total. The number of aryl methyl sites for hydroxylation is 1. The van der Waals surface area contributed by atoms with E-state index in [2.05, 4.69) is 35.3 Å². The minimum Gasteiger partial charge on any atom is -0.314 e. The molecule has 1 aromatic heterocycles. The van der Waals surface area contributed by atoms with Gasteiger partial charge in [0.1, 0.15) is 5.01 Å². The number of thiazole rings is 1. The molecule has 0 radical (unpaired) electrons. The van der Waals surface area contributed by atoms with Gasteiger partial charge in [0, 0.05) is 43.0 Å². The molecule has 1 fully saturated rings. The second-order valence-corrected chi connectivity index (χ2v) is 6.91. The molecule has 2 heterocycles. The van der Waals surface area contributed by atoms with Crippen LogP contribution in [0.15, 0.2) is 18.2 Å². The van der Waals surface area contributed by atoms with E-state index < -0.39 is 0 Å². The van der Waals surface area contributed by atoms with E-state index in [0.29, 0.717) is 0 Å². The summed E-state index contributed by atoms with van der Waals surface area (Å²) in [5.41, 5.74) is 5.38. The molecule has 104 valence electrons. The van der Waals surface area contributed by atoms with Crippen molar-refractivity contribution < 1.29 is 0 Å². The minimum atomic E-state index is 1.01. The Labute approximate surface area is 123 Å². The molecule has 0 bridgehead atoms. The molecule has 1 saturated heterocycles. The van der Waals surface area contributed by atoms with Crippen molar-refractivity contribution in [3.8, 4) is 11.3 Å². The molecule has 1 aliphatic heterocycles. The van der Waals surface area contributed by atoms with E-state index in [4.69, 9.17) is 4.98 Å². The average Bonchev–Trinajstić information content (AvgIpc) is 2.97. The van der Waals surface area contributed by atoms with E-state index in [1.54, 1.807) is 0 Å². The fourth-order valence-corrected chi connectivity index (χ4v) is 4.25. The number of nitrogens with one attached hydrogen (secondary N) is 1. The maximum absolute atomic E-state index is 4.92. The van der Waals surface area contributed by atoms with Gasteiger partial charge in [-0.25, -0.2) is 4.98 Å². The van der Waals surface area contributed by atoms with Crippen molar-refractivity contribution in [1.82, 2.24) is 15.2 Å². The minimum absolute atomic E-state index is 1.01. The Bertz CT molecular complexity index is 641. The highest BCUT2D eigenvalue weighted by Gasteiger charge is 2.24. The van der Waals surface area contributed by atoms with Gasteiger partial charge >= 0.3 is 0 Å². The second kappa shape index (κ2) is 4.95. The molecule has 0 amide bonds. The van der Waals surface area contributed by atoms with Gasteiger partial charge in [-0.3, -0.25) is 4.90 Å². The largest absolute Gasteiger partial charge is 0.314 e. The van der Waals surface area contributed by atoms with Gasteiger partial charge in [-0.15, -0.1) is 11.3 Å². The molecule has 4 heteroatoms. The van der Waals surface area contributed by atoms with E-state index in [1.807, 2.05) is 11.3 Å². The quantitative estimate of drug-likeness (QED) is 0.784. The number of piperazine rings is 1. The van der Waals surface area contributed by atoms with Crippen LogP contribution in [-0.2, 0) is 13.0 Å². The monoisotopic (exact) mass is 285 g/mol. The van der Waals surface area contributed by atoms with Gasteiger partial charge in [-0.05, 0) is 18.6 Å². The van der Waals surface area contributed by atoms with Gasteiger partial charge < -0.3 is 5.32 Å². The van der Waals surface area contributed by atoms with E-state index in [1.165, 1.54) is 32.3 Å². The number of rotatable bonds is 2. The first-order valence-electron chi connectivity index (χ1n) is 7.31. The molecule has 0 atom stereocenters. The zero-order valence-corrected chi connectivity index (χ0v) is 12.6. The first-order valence-corrected chi connectivity index (χ1v) is 8.13. The van der Waals surface area contributed by atoms with Gasteiger partial charge in [0.05, 0.1) is 12.2 Å². The van der Waals surface area contributed by atoms with Crippen molar-refractivity contribution in [3.63, 3.8) is 0 Å². The van der Waals surface area contributed by atoms with Crippen LogP contribution in [0.25, 0.3) is 11.3 Å². The molecule has 0 unspecified atom stereocenters. The topological polar surface area (TPSA) is 28.2 Å². The maximum Gasteiger partial charge on any atom is 0.108 e. The summed E-state index contributed by atoms with van der Waals surface area (Å²) in [6.07, 6.45) is 1.07. The fraction of sp³-hybridized carbons (Fsp3) is 0.438. The summed E-state index contributed by atoms with van der Waals surface area (Å²) in [5.74, 6) is 0. The number of fused-ring (bicyclic) bond motifs is 3. The zero-order chi connectivity index (χ0) is 13.5. The molecule has 1 aromatic carbocycles. The first-order chi connectivity index (χ1) is 9.79. The summed E-state index contributed by atoms with van der Waals surface area (Å²) in [6.45, 7) is 7.66. The van der Waals surface area contributed by atoms with Crippen molar-refractivity contribution in [3.05, 3.63) is 39.2 Å². The molecule has 2 aromatic rings. The average molecular weight is 285 g/mol. The highest BCUT2D eigenvalue weighted by Crippen LogP contribution is 2.40. The Hall–Kier alpha value is -1.23. The lowest BCUT2D eigenvalue weighted by Crippen LogP contribution is -2.42. The number of hydrogen-bond donors (Lipinski definition) is 1. The predicted molar refractivity (Wildman–Crippen MR) is 83.2 cm³/mol. The molecule has 4 rings (SSSR count). The molecule has 1 aliphatic carbocycles. The van der Waals surface area contributed by atoms with E-state index in [9.17, 15) is 0 Å². The summed E-state index contributed by atoms with van der Waals surface area (Å²) >= 11 is 1.90. The lowest BCUT2D eigenvalue weighted by molar-refractivity contribution is 0.233. The molecular weight excluding hydrogens is 266 g/mol. The molecule has 0 spiro atoms. The summed E-state index contributed by atoms with van der Waals surface area (Å²) in [6, 6.07) is 6.75.